The molecular weight excluding hydrogens is 308 g/mol. The van der Waals surface area contributed by atoms with Crippen molar-refractivity contribution in [3.05, 3.63) is 42.1 Å². The quantitative estimate of drug-likeness (QED) is 0.873. The van der Waals surface area contributed by atoms with Crippen LogP contribution in [0.3, 0.4) is 0 Å². The molecule has 6 nitrogen and oxygen atoms in total. The van der Waals surface area contributed by atoms with E-state index in [0.717, 1.165) is 5.76 Å². The van der Waals surface area contributed by atoms with E-state index in [0.29, 0.717) is 17.3 Å². The number of aromatic nitrogens is 1. The number of amides is 1. The maximum Gasteiger partial charge on any atom is 0.250 e. The fraction of sp³-hybridized carbons (Fsp3) is 0.444. The summed E-state index contributed by atoms with van der Waals surface area (Å²) >= 11 is 0. The van der Waals surface area contributed by atoms with Gasteiger partial charge in [-0.1, -0.05) is 20.8 Å². The van der Waals surface area contributed by atoms with Crippen LogP contribution in [0.2, 0.25) is 0 Å². The molecule has 24 heavy (non-hydrogen) atoms. The summed E-state index contributed by atoms with van der Waals surface area (Å²) in [6, 6.07) is 7.11. The largest absolute Gasteiger partial charge is 0.481 e. The highest BCUT2D eigenvalue weighted by atomic mass is 16.5. The molecule has 0 saturated carbocycles. The topological polar surface area (TPSA) is 73.6 Å². The molecule has 1 amide bonds. The molecule has 6 heteroatoms. The van der Waals surface area contributed by atoms with Crippen LogP contribution in [-0.2, 0) is 14.9 Å². The summed E-state index contributed by atoms with van der Waals surface area (Å²) < 4.78 is 16.4. The van der Waals surface area contributed by atoms with E-state index in [9.17, 15) is 4.79 Å². The Labute approximate surface area is 142 Å². The summed E-state index contributed by atoms with van der Waals surface area (Å²) in [5.74, 6) is 1.83. The number of carbonyl (C=O) groups is 1. The number of methoxy groups -OCH3 is 1. The summed E-state index contributed by atoms with van der Waals surface area (Å²) in [6.07, 6.45) is 1.43. The smallest absolute Gasteiger partial charge is 0.250 e. The first-order chi connectivity index (χ1) is 11.3. The lowest BCUT2D eigenvalue weighted by Crippen LogP contribution is -2.16. The van der Waals surface area contributed by atoms with Gasteiger partial charge in [0.1, 0.15) is 18.1 Å². The number of anilines is 1. The first-order valence-electron chi connectivity index (χ1n) is 7.81. The van der Waals surface area contributed by atoms with E-state index in [-0.39, 0.29) is 24.0 Å². The molecule has 0 fully saturated rings. The molecule has 1 aromatic carbocycles. The second-order valence-corrected chi connectivity index (χ2v) is 6.58. The predicted octanol–water partition coefficient (Wildman–Crippen LogP) is 3.70. The lowest BCUT2D eigenvalue weighted by molar-refractivity contribution is -0.119. The fourth-order valence-corrected chi connectivity index (χ4v) is 2.02. The van der Waals surface area contributed by atoms with Crippen molar-refractivity contribution in [3.8, 4) is 5.75 Å². The zero-order chi connectivity index (χ0) is 17.7. The van der Waals surface area contributed by atoms with Crippen LogP contribution < -0.4 is 10.1 Å². The van der Waals surface area contributed by atoms with Gasteiger partial charge in [-0.15, -0.1) is 0 Å². The summed E-state index contributed by atoms with van der Waals surface area (Å²) in [5.41, 5.74) is 0.593. The van der Waals surface area contributed by atoms with Crippen molar-refractivity contribution in [2.24, 2.45) is 0 Å². The van der Waals surface area contributed by atoms with Crippen LogP contribution in [0, 0.1) is 0 Å². The average Bonchev–Trinajstić information content (AvgIpc) is 2.99. The van der Waals surface area contributed by atoms with Crippen molar-refractivity contribution in [1.29, 1.82) is 0 Å². The van der Waals surface area contributed by atoms with E-state index < -0.39 is 0 Å². The van der Waals surface area contributed by atoms with Gasteiger partial charge in [0, 0.05) is 18.2 Å². The van der Waals surface area contributed by atoms with Gasteiger partial charge in [-0.25, -0.2) is 4.98 Å². The number of hydrogen-bond donors (Lipinski definition) is 1. The highest BCUT2D eigenvalue weighted by Crippen LogP contribution is 2.27. The third kappa shape index (κ3) is 4.83. The Hall–Kier alpha value is -2.34. The lowest BCUT2D eigenvalue weighted by atomic mass is 9.94. The molecule has 0 unspecified atom stereocenters. The van der Waals surface area contributed by atoms with Crippen LogP contribution >= 0.6 is 0 Å². The molecule has 0 aliphatic carbocycles. The standard InChI is InChI=1S/C18H24N2O4/c1-12(17-19-10-15(24-17)18(2,3)4)23-14-8-6-13(7-9-14)20-16(21)11-22-5/h6-10,12H,11H2,1-5H3,(H,20,21)/t12-/m1/s1. The van der Waals surface area contributed by atoms with Crippen molar-refractivity contribution in [2.45, 2.75) is 39.2 Å². The van der Waals surface area contributed by atoms with E-state index in [1.165, 1.54) is 7.11 Å². The Morgan fingerprint density at radius 3 is 2.50 bits per heavy atom. The number of rotatable bonds is 6. The zero-order valence-electron chi connectivity index (χ0n) is 14.8. The molecular formula is C18H24N2O4. The number of carbonyl (C=O) groups excluding carboxylic acids is 1. The molecule has 0 spiro atoms. The Morgan fingerprint density at radius 2 is 1.96 bits per heavy atom. The van der Waals surface area contributed by atoms with Crippen molar-refractivity contribution in [3.63, 3.8) is 0 Å². The molecule has 1 heterocycles. The highest BCUT2D eigenvalue weighted by molar-refractivity contribution is 5.91. The fourth-order valence-electron chi connectivity index (χ4n) is 2.02. The third-order valence-electron chi connectivity index (χ3n) is 3.34. The Kier molecular flexibility index (Phi) is 5.62. The van der Waals surface area contributed by atoms with Gasteiger partial charge in [-0.2, -0.15) is 0 Å². The molecule has 2 aromatic rings. The van der Waals surface area contributed by atoms with Crippen molar-refractivity contribution >= 4 is 11.6 Å². The van der Waals surface area contributed by atoms with E-state index in [4.69, 9.17) is 13.9 Å². The van der Waals surface area contributed by atoms with Gasteiger partial charge in [0.05, 0.1) is 6.20 Å². The third-order valence-corrected chi connectivity index (χ3v) is 3.34. The molecule has 1 aromatic heterocycles. The van der Waals surface area contributed by atoms with Crippen LogP contribution in [0.1, 0.15) is 45.4 Å². The number of nitrogens with one attached hydrogen (secondary N) is 1. The summed E-state index contributed by atoms with van der Waals surface area (Å²) in [4.78, 5) is 15.7. The van der Waals surface area contributed by atoms with E-state index >= 15 is 0 Å². The minimum absolute atomic E-state index is 0.0234. The second kappa shape index (κ2) is 7.49. The molecule has 2 rings (SSSR count). The molecule has 0 saturated heterocycles. The van der Waals surface area contributed by atoms with Crippen LogP contribution in [0.25, 0.3) is 0 Å². The highest BCUT2D eigenvalue weighted by Gasteiger charge is 2.22. The van der Waals surface area contributed by atoms with E-state index in [1.54, 1.807) is 30.5 Å². The number of hydrogen-bond acceptors (Lipinski definition) is 5. The van der Waals surface area contributed by atoms with Gasteiger partial charge in [0.15, 0.2) is 6.10 Å². The number of oxazole rings is 1. The van der Waals surface area contributed by atoms with Crippen molar-refractivity contribution in [2.75, 3.05) is 19.0 Å². The minimum atomic E-state index is -0.310. The van der Waals surface area contributed by atoms with Gasteiger partial charge >= 0.3 is 0 Å². The van der Waals surface area contributed by atoms with Gasteiger partial charge < -0.3 is 19.2 Å². The molecule has 0 aliphatic heterocycles. The minimum Gasteiger partial charge on any atom is -0.481 e. The number of benzene rings is 1. The average molecular weight is 332 g/mol. The van der Waals surface area contributed by atoms with Crippen LogP contribution in [0.5, 0.6) is 5.75 Å². The molecule has 130 valence electrons. The van der Waals surface area contributed by atoms with Crippen molar-refractivity contribution < 1.29 is 18.7 Å². The van der Waals surface area contributed by atoms with Gasteiger partial charge in [-0.3, -0.25) is 4.79 Å². The maximum atomic E-state index is 11.5. The summed E-state index contributed by atoms with van der Waals surface area (Å²) in [6.45, 7) is 8.11. The van der Waals surface area contributed by atoms with Crippen LogP contribution in [-0.4, -0.2) is 24.6 Å². The first-order valence-corrected chi connectivity index (χ1v) is 7.81. The summed E-state index contributed by atoms with van der Waals surface area (Å²) in [5, 5.41) is 2.72. The molecule has 0 radical (unpaired) electrons. The molecule has 1 atom stereocenters. The van der Waals surface area contributed by atoms with Crippen LogP contribution in [0.15, 0.2) is 34.9 Å². The second-order valence-electron chi connectivity index (χ2n) is 6.58. The lowest BCUT2D eigenvalue weighted by Gasteiger charge is -2.15. The Balaban J connectivity index is 1.98. The van der Waals surface area contributed by atoms with Crippen molar-refractivity contribution in [1.82, 2.24) is 4.98 Å². The first kappa shape index (κ1) is 18.0. The molecule has 1 N–H and O–H groups in total. The van der Waals surface area contributed by atoms with Gasteiger partial charge in [-0.05, 0) is 31.2 Å². The van der Waals surface area contributed by atoms with Gasteiger partial charge in [0.25, 0.3) is 0 Å². The Morgan fingerprint density at radius 1 is 1.29 bits per heavy atom. The Bertz CT molecular complexity index is 671. The number of nitrogens with zero attached hydrogens (tertiary/aromatic N) is 1. The van der Waals surface area contributed by atoms with E-state index in [1.807, 2.05) is 6.92 Å². The SMILES string of the molecule is COCC(=O)Nc1ccc(O[C@H](C)c2ncc(C(C)(C)C)o2)cc1. The molecule has 0 aliphatic rings. The van der Waals surface area contributed by atoms with E-state index in [2.05, 4.69) is 31.1 Å². The summed E-state index contributed by atoms with van der Waals surface area (Å²) in [7, 11) is 1.48. The number of ether oxygens (including phenoxy) is 2. The normalized spacial score (nSPS) is 12.7. The maximum absolute atomic E-state index is 11.5. The predicted molar refractivity (Wildman–Crippen MR) is 91.2 cm³/mol. The monoisotopic (exact) mass is 332 g/mol. The van der Waals surface area contributed by atoms with Crippen LogP contribution in [0.4, 0.5) is 5.69 Å². The van der Waals surface area contributed by atoms with Gasteiger partial charge in [0.2, 0.25) is 11.8 Å². The molecule has 0 bridgehead atoms. The zero-order valence-corrected chi connectivity index (χ0v) is 14.8.